The van der Waals surface area contributed by atoms with E-state index in [1.807, 2.05) is 0 Å². The van der Waals surface area contributed by atoms with Gasteiger partial charge >= 0.3 is 0 Å². The Balaban J connectivity index is 3.32. The fourth-order valence-electron chi connectivity index (χ4n) is 1.09. The highest BCUT2D eigenvalue weighted by Gasteiger charge is 2.09. The Morgan fingerprint density at radius 1 is 1.33 bits per heavy atom. The third-order valence-corrected chi connectivity index (χ3v) is 2.10. The van der Waals surface area contributed by atoms with Gasteiger partial charge in [-0.15, -0.1) is 0 Å². The van der Waals surface area contributed by atoms with Gasteiger partial charge in [-0.25, -0.2) is 0 Å². The number of hydrogen-bond donors (Lipinski definition) is 1. The monoisotopic (exact) mass is 213 g/mol. The summed E-state index contributed by atoms with van der Waals surface area (Å²) < 4.78 is 5.56. The van der Waals surface area contributed by atoms with Gasteiger partial charge in [0.05, 0.1) is 6.61 Å². The molecule has 0 saturated heterocycles. The average molecular weight is 213 g/mol. The van der Waals surface area contributed by atoms with E-state index in [1.54, 1.807) is 0 Å². The van der Waals surface area contributed by atoms with Gasteiger partial charge in [-0.3, -0.25) is 0 Å². The van der Waals surface area contributed by atoms with Gasteiger partial charge in [-0.2, -0.15) is 0 Å². The minimum atomic E-state index is 0.363. The largest absolute Gasteiger partial charge is 0.377 e. The molecule has 0 unspecified atom stereocenters. The summed E-state index contributed by atoms with van der Waals surface area (Å²) in [6.07, 6.45) is 2.26. The minimum Gasteiger partial charge on any atom is -0.377 e. The predicted molar refractivity (Wildman–Crippen MR) is 67.2 cm³/mol. The molecule has 0 spiro atoms. The molecule has 0 aromatic rings. The van der Waals surface area contributed by atoms with Crippen molar-refractivity contribution in [3.63, 3.8) is 0 Å². The van der Waals surface area contributed by atoms with E-state index in [-0.39, 0.29) is 0 Å². The summed E-state index contributed by atoms with van der Waals surface area (Å²) in [4.78, 5) is 0. The van der Waals surface area contributed by atoms with E-state index in [0.717, 1.165) is 38.1 Å². The van der Waals surface area contributed by atoms with E-state index in [1.165, 1.54) is 0 Å². The van der Waals surface area contributed by atoms with Crippen LogP contribution in [0.5, 0.6) is 0 Å². The molecule has 0 rings (SSSR count). The van der Waals surface area contributed by atoms with Crippen molar-refractivity contribution in [2.24, 2.45) is 5.41 Å². The van der Waals surface area contributed by atoms with Crippen molar-refractivity contribution in [3.8, 4) is 0 Å². The average Bonchev–Trinajstić information content (AvgIpc) is 2.11. The quantitative estimate of drug-likeness (QED) is 0.494. The molecule has 90 valence electrons. The Kier molecular flexibility index (Phi) is 7.71. The predicted octanol–water partition coefficient (Wildman–Crippen LogP) is 3.00. The number of hydrogen-bond acceptors (Lipinski definition) is 2. The van der Waals surface area contributed by atoms with Gasteiger partial charge in [0.1, 0.15) is 0 Å². The lowest BCUT2D eigenvalue weighted by Gasteiger charge is -2.18. The van der Waals surface area contributed by atoms with E-state index >= 15 is 0 Å². The number of rotatable bonds is 8. The van der Waals surface area contributed by atoms with Crippen LogP contribution in [0.2, 0.25) is 0 Å². The van der Waals surface area contributed by atoms with E-state index in [9.17, 15) is 0 Å². The topological polar surface area (TPSA) is 21.3 Å². The maximum Gasteiger partial charge on any atom is 0.0686 e. The molecule has 0 radical (unpaired) electrons. The summed E-state index contributed by atoms with van der Waals surface area (Å²) in [6, 6.07) is 0. The summed E-state index contributed by atoms with van der Waals surface area (Å²) in [6.45, 7) is 16.3. The van der Waals surface area contributed by atoms with Gasteiger partial charge in [-0.05, 0) is 30.4 Å². The summed E-state index contributed by atoms with van der Waals surface area (Å²) in [5.74, 6) is 0. The Morgan fingerprint density at radius 3 is 2.53 bits per heavy atom. The maximum absolute atomic E-state index is 5.56. The van der Waals surface area contributed by atoms with Crippen molar-refractivity contribution in [2.75, 3.05) is 26.3 Å². The molecule has 0 aliphatic heterocycles. The van der Waals surface area contributed by atoms with E-state index in [0.29, 0.717) is 12.0 Å². The van der Waals surface area contributed by atoms with E-state index in [2.05, 4.69) is 39.6 Å². The zero-order valence-corrected chi connectivity index (χ0v) is 10.9. The first kappa shape index (κ1) is 14.7. The smallest absolute Gasteiger partial charge is 0.0686 e. The van der Waals surface area contributed by atoms with Crippen LogP contribution < -0.4 is 5.32 Å². The number of ether oxygens (including phenoxy) is 1. The second-order valence-electron chi connectivity index (χ2n) is 5.29. The molecule has 0 aromatic heterocycles. The van der Waals surface area contributed by atoms with Crippen LogP contribution in [-0.2, 0) is 4.74 Å². The van der Waals surface area contributed by atoms with E-state index < -0.39 is 0 Å². The van der Waals surface area contributed by atoms with Gasteiger partial charge in [0.25, 0.3) is 0 Å². The van der Waals surface area contributed by atoms with Crippen molar-refractivity contribution < 1.29 is 4.74 Å². The molecular weight excluding hydrogens is 186 g/mol. The highest BCUT2D eigenvalue weighted by atomic mass is 16.5. The first-order valence-corrected chi connectivity index (χ1v) is 5.91. The van der Waals surface area contributed by atoms with Gasteiger partial charge in [-0.1, -0.05) is 34.3 Å². The van der Waals surface area contributed by atoms with E-state index in [4.69, 9.17) is 4.74 Å². The van der Waals surface area contributed by atoms with Crippen LogP contribution in [0.4, 0.5) is 0 Å². The van der Waals surface area contributed by atoms with Crippen molar-refractivity contribution in [1.82, 2.24) is 5.32 Å². The Morgan fingerprint density at radius 2 is 2.00 bits per heavy atom. The van der Waals surface area contributed by atoms with Crippen LogP contribution in [0.1, 0.15) is 40.5 Å². The summed E-state index contributed by atoms with van der Waals surface area (Å²) in [7, 11) is 0. The first-order chi connectivity index (χ1) is 6.95. The summed E-state index contributed by atoms with van der Waals surface area (Å²) in [5, 5.41) is 3.31. The SMILES string of the molecule is C=C(CNCCC)COCCC(C)(C)C. The Labute approximate surface area is 95.1 Å². The summed E-state index contributed by atoms with van der Waals surface area (Å²) in [5.41, 5.74) is 1.50. The molecule has 2 heteroatoms. The molecule has 1 N–H and O–H groups in total. The molecule has 0 atom stereocenters. The molecule has 2 nitrogen and oxygen atoms in total. The zero-order valence-electron chi connectivity index (χ0n) is 10.9. The molecule has 0 heterocycles. The van der Waals surface area contributed by atoms with Crippen LogP contribution in [0, 0.1) is 5.41 Å². The molecule has 0 fully saturated rings. The molecule has 0 aromatic carbocycles. The minimum absolute atomic E-state index is 0.363. The third kappa shape index (κ3) is 11.6. The normalized spacial score (nSPS) is 11.7. The van der Waals surface area contributed by atoms with Crippen LogP contribution in [0.25, 0.3) is 0 Å². The summed E-state index contributed by atoms with van der Waals surface area (Å²) >= 11 is 0. The first-order valence-electron chi connectivity index (χ1n) is 5.91. The third-order valence-electron chi connectivity index (χ3n) is 2.10. The van der Waals surface area contributed by atoms with Crippen LogP contribution >= 0.6 is 0 Å². The van der Waals surface area contributed by atoms with Crippen molar-refractivity contribution in [1.29, 1.82) is 0 Å². The van der Waals surface area contributed by atoms with Gasteiger partial charge in [0.2, 0.25) is 0 Å². The molecule has 0 amide bonds. The lowest BCUT2D eigenvalue weighted by atomic mass is 9.93. The van der Waals surface area contributed by atoms with Gasteiger partial charge in [0.15, 0.2) is 0 Å². The van der Waals surface area contributed by atoms with Crippen LogP contribution in [0.15, 0.2) is 12.2 Å². The highest BCUT2D eigenvalue weighted by molar-refractivity contribution is 4.96. The standard InChI is InChI=1S/C13H27NO/c1-6-8-14-10-12(2)11-15-9-7-13(3,4)5/h14H,2,6-11H2,1,3-5H3. The zero-order chi connectivity index (χ0) is 11.7. The van der Waals surface area contributed by atoms with Crippen molar-refractivity contribution in [2.45, 2.75) is 40.5 Å². The van der Waals surface area contributed by atoms with Gasteiger partial charge in [0, 0.05) is 13.2 Å². The fraction of sp³-hybridized carbons (Fsp3) is 0.846. The lowest BCUT2D eigenvalue weighted by Crippen LogP contribution is -2.20. The lowest BCUT2D eigenvalue weighted by molar-refractivity contribution is 0.125. The van der Waals surface area contributed by atoms with Crippen LogP contribution in [-0.4, -0.2) is 26.3 Å². The Hall–Kier alpha value is -0.340. The Bertz CT molecular complexity index is 170. The molecule has 15 heavy (non-hydrogen) atoms. The molecule has 0 saturated carbocycles. The van der Waals surface area contributed by atoms with Crippen molar-refractivity contribution in [3.05, 3.63) is 12.2 Å². The van der Waals surface area contributed by atoms with Gasteiger partial charge < -0.3 is 10.1 Å². The maximum atomic E-state index is 5.56. The molecule has 0 aliphatic rings. The highest BCUT2D eigenvalue weighted by Crippen LogP contribution is 2.17. The molecule has 0 aliphatic carbocycles. The molecule has 0 bridgehead atoms. The van der Waals surface area contributed by atoms with Crippen molar-refractivity contribution >= 4 is 0 Å². The second-order valence-corrected chi connectivity index (χ2v) is 5.29. The molecular formula is C13H27NO. The fourth-order valence-corrected chi connectivity index (χ4v) is 1.09. The second kappa shape index (κ2) is 7.89. The number of nitrogens with one attached hydrogen (secondary N) is 1. The van der Waals surface area contributed by atoms with Crippen LogP contribution in [0.3, 0.4) is 0 Å².